The van der Waals surface area contributed by atoms with Gasteiger partial charge in [0.25, 0.3) is 6.43 Å². The van der Waals surface area contributed by atoms with Crippen LogP contribution in [0.1, 0.15) is 17.7 Å². The highest BCUT2D eigenvalue weighted by molar-refractivity contribution is 7.90. The summed E-state index contributed by atoms with van der Waals surface area (Å²) in [5.41, 5.74) is 2.86. The standard InChI is InChI=1S/C29H26F3N5O4S/c1-17-34-23(28(30)29(31)32)16-36(17)24-11-8-19(18-6-5-7-21(12-18)42(4,38)39)13-25(24)37-26(15-33-35-37)22-10-9-20(40-2)14-27(22)41-3/h5-16,28-29H,1-4H3. The second-order valence-electron chi connectivity index (χ2n) is 9.42. The van der Waals surface area contributed by atoms with Crippen molar-refractivity contribution in [1.82, 2.24) is 24.5 Å². The maximum absolute atomic E-state index is 14.3. The first-order chi connectivity index (χ1) is 20.0. The number of methoxy groups -OCH3 is 2. The largest absolute Gasteiger partial charge is 0.497 e. The summed E-state index contributed by atoms with van der Waals surface area (Å²) in [6.07, 6.45) is -1.91. The molecule has 0 N–H and O–H groups in total. The molecule has 0 aliphatic heterocycles. The van der Waals surface area contributed by atoms with Crippen LogP contribution >= 0.6 is 0 Å². The van der Waals surface area contributed by atoms with Crippen molar-refractivity contribution in [2.45, 2.75) is 24.4 Å². The van der Waals surface area contributed by atoms with E-state index in [4.69, 9.17) is 9.47 Å². The van der Waals surface area contributed by atoms with Crippen LogP contribution < -0.4 is 9.47 Å². The van der Waals surface area contributed by atoms with Gasteiger partial charge in [-0.05, 0) is 54.4 Å². The van der Waals surface area contributed by atoms with Gasteiger partial charge in [0.15, 0.2) is 9.84 Å². The highest BCUT2D eigenvalue weighted by Gasteiger charge is 2.26. The molecule has 42 heavy (non-hydrogen) atoms. The first-order valence-corrected chi connectivity index (χ1v) is 14.5. The molecule has 9 nitrogen and oxygen atoms in total. The molecule has 0 aliphatic carbocycles. The van der Waals surface area contributed by atoms with Gasteiger partial charge in [0.05, 0.1) is 48.1 Å². The Morgan fingerprint density at radius 3 is 2.36 bits per heavy atom. The average molecular weight is 598 g/mol. The Hall–Kier alpha value is -4.65. The van der Waals surface area contributed by atoms with E-state index in [2.05, 4.69) is 15.3 Å². The number of imidazole rings is 1. The van der Waals surface area contributed by atoms with Crippen molar-refractivity contribution in [1.29, 1.82) is 0 Å². The van der Waals surface area contributed by atoms with Gasteiger partial charge in [-0.25, -0.2) is 31.3 Å². The number of hydrogen-bond donors (Lipinski definition) is 0. The van der Waals surface area contributed by atoms with E-state index in [1.165, 1.54) is 41.9 Å². The van der Waals surface area contributed by atoms with Crippen LogP contribution in [0.5, 0.6) is 11.5 Å². The van der Waals surface area contributed by atoms with Gasteiger partial charge in [-0.15, -0.1) is 5.10 Å². The Balaban J connectivity index is 1.75. The lowest BCUT2D eigenvalue weighted by molar-refractivity contribution is 0.0474. The van der Waals surface area contributed by atoms with Crippen molar-refractivity contribution in [3.8, 4) is 45.3 Å². The van der Waals surface area contributed by atoms with E-state index in [1.807, 2.05) is 0 Å². The summed E-state index contributed by atoms with van der Waals surface area (Å²) in [6, 6.07) is 16.9. The van der Waals surface area contributed by atoms with Gasteiger partial charge in [0, 0.05) is 24.1 Å². The Morgan fingerprint density at radius 2 is 1.67 bits per heavy atom. The first kappa shape index (κ1) is 28.9. The van der Waals surface area contributed by atoms with E-state index in [0.29, 0.717) is 45.3 Å². The van der Waals surface area contributed by atoms with E-state index < -0.39 is 28.1 Å². The monoisotopic (exact) mass is 597 g/mol. The SMILES string of the molecule is COc1ccc(-c2cnnn2-c2cc(-c3cccc(S(C)(=O)=O)c3)ccc2-n2cc(C(F)C(F)F)nc2C)c(OC)c1. The molecule has 0 amide bonds. The molecule has 5 aromatic rings. The molecule has 13 heteroatoms. The number of alkyl halides is 3. The normalized spacial score (nSPS) is 12.5. The lowest BCUT2D eigenvalue weighted by Gasteiger charge is -2.17. The molecule has 0 aliphatic rings. The quantitative estimate of drug-likeness (QED) is 0.212. The molecular formula is C29H26F3N5O4S. The molecule has 0 saturated heterocycles. The van der Waals surface area contributed by atoms with Crippen molar-refractivity contribution in [2.24, 2.45) is 0 Å². The summed E-state index contributed by atoms with van der Waals surface area (Å²) in [4.78, 5) is 4.18. The minimum absolute atomic E-state index is 0.145. The fourth-order valence-corrected chi connectivity index (χ4v) is 5.26. The third kappa shape index (κ3) is 5.47. The number of sulfone groups is 1. The Bertz CT molecular complexity index is 1870. The topological polar surface area (TPSA) is 101 Å². The van der Waals surface area contributed by atoms with Crippen LogP contribution in [0.2, 0.25) is 0 Å². The molecule has 0 fully saturated rings. The maximum atomic E-state index is 14.3. The van der Waals surface area contributed by atoms with E-state index in [9.17, 15) is 21.6 Å². The molecule has 218 valence electrons. The second-order valence-corrected chi connectivity index (χ2v) is 11.4. The average Bonchev–Trinajstić information content (AvgIpc) is 3.62. The molecule has 0 bridgehead atoms. The van der Waals surface area contributed by atoms with Gasteiger partial charge >= 0.3 is 0 Å². The van der Waals surface area contributed by atoms with Gasteiger partial charge in [-0.1, -0.05) is 23.4 Å². The molecular weight excluding hydrogens is 571 g/mol. The number of aromatic nitrogens is 5. The van der Waals surface area contributed by atoms with Crippen LogP contribution in [0.4, 0.5) is 13.2 Å². The minimum atomic E-state index is -3.47. The van der Waals surface area contributed by atoms with Crippen molar-refractivity contribution in [2.75, 3.05) is 20.5 Å². The van der Waals surface area contributed by atoms with Gasteiger partial charge in [0.2, 0.25) is 6.17 Å². The number of rotatable bonds is 9. The zero-order chi connectivity index (χ0) is 30.2. The first-order valence-electron chi connectivity index (χ1n) is 12.6. The van der Waals surface area contributed by atoms with Crippen LogP contribution in [-0.4, -0.2) is 59.9 Å². The summed E-state index contributed by atoms with van der Waals surface area (Å²) in [5.74, 6) is 1.32. The van der Waals surface area contributed by atoms with E-state index in [1.54, 1.807) is 61.5 Å². The number of hydrogen-bond acceptors (Lipinski definition) is 7. The van der Waals surface area contributed by atoms with Crippen LogP contribution in [0.25, 0.3) is 33.8 Å². The predicted molar refractivity (Wildman–Crippen MR) is 150 cm³/mol. The Morgan fingerprint density at radius 1 is 0.905 bits per heavy atom. The number of nitrogens with zero attached hydrogens (tertiary/aromatic N) is 5. The molecule has 0 saturated carbocycles. The van der Waals surface area contributed by atoms with Gasteiger partial charge in [-0.2, -0.15) is 0 Å². The molecule has 5 rings (SSSR count). The van der Waals surface area contributed by atoms with E-state index in [-0.39, 0.29) is 10.7 Å². The second kappa shape index (κ2) is 11.3. The minimum Gasteiger partial charge on any atom is -0.497 e. The third-order valence-corrected chi connectivity index (χ3v) is 7.81. The highest BCUT2D eigenvalue weighted by Crippen LogP contribution is 2.37. The van der Waals surface area contributed by atoms with Crippen LogP contribution in [-0.2, 0) is 9.84 Å². The number of benzene rings is 3. The van der Waals surface area contributed by atoms with Crippen LogP contribution in [0.3, 0.4) is 0 Å². The predicted octanol–water partition coefficient (Wildman–Crippen LogP) is 5.79. The van der Waals surface area contributed by atoms with Crippen molar-refractivity contribution < 1.29 is 31.1 Å². The Labute approximate surface area is 240 Å². The fourth-order valence-electron chi connectivity index (χ4n) is 4.59. The van der Waals surface area contributed by atoms with Crippen LogP contribution in [0.15, 0.2) is 78.0 Å². The maximum Gasteiger partial charge on any atom is 0.275 e. The fraction of sp³-hybridized carbons (Fsp3) is 0.207. The smallest absolute Gasteiger partial charge is 0.275 e. The number of aryl methyl sites for hydroxylation is 1. The molecule has 0 radical (unpaired) electrons. The zero-order valence-electron chi connectivity index (χ0n) is 23.0. The zero-order valence-corrected chi connectivity index (χ0v) is 23.8. The van der Waals surface area contributed by atoms with E-state index in [0.717, 1.165) is 6.26 Å². The lowest BCUT2D eigenvalue weighted by Crippen LogP contribution is -2.08. The summed E-state index contributed by atoms with van der Waals surface area (Å²) in [5, 5.41) is 8.43. The lowest BCUT2D eigenvalue weighted by atomic mass is 10.0. The molecule has 0 spiro atoms. The van der Waals surface area contributed by atoms with Crippen molar-refractivity contribution in [3.05, 3.63) is 84.6 Å². The molecule has 1 unspecified atom stereocenters. The highest BCUT2D eigenvalue weighted by atomic mass is 32.2. The summed E-state index contributed by atoms with van der Waals surface area (Å²) < 4.78 is 79.0. The summed E-state index contributed by atoms with van der Waals surface area (Å²) >= 11 is 0. The van der Waals surface area contributed by atoms with Gasteiger partial charge < -0.3 is 14.0 Å². The van der Waals surface area contributed by atoms with Gasteiger partial charge in [-0.3, -0.25) is 0 Å². The van der Waals surface area contributed by atoms with Crippen molar-refractivity contribution >= 4 is 9.84 Å². The van der Waals surface area contributed by atoms with Gasteiger partial charge in [0.1, 0.15) is 17.3 Å². The summed E-state index contributed by atoms with van der Waals surface area (Å²) in [6.45, 7) is 1.57. The summed E-state index contributed by atoms with van der Waals surface area (Å²) in [7, 11) is -0.423. The number of ether oxygens (including phenoxy) is 2. The molecule has 3 aromatic carbocycles. The molecule has 2 aromatic heterocycles. The van der Waals surface area contributed by atoms with Crippen molar-refractivity contribution in [3.63, 3.8) is 0 Å². The van der Waals surface area contributed by atoms with E-state index >= 15 is 0 Å². The van der Waals surface area contributed by atoms with Crippen LogP contribution in [0, 0.1) is 6.92 Å². The Kier molecular flexibility index (Phi) is 7.78. The third-order valence-electron chi connectivity index (χ3n) is 6.70. The molecule has 2 heterocycles. The molecule has 1 atom stereocenters. The number of halogens is 3.